The molecule has 6 heteroatoms. The van der Waals surface area contributed by atoms with Gasteiger partial charge in [-0.25, -0.2) is 0 Å². The molecule has 0 aromatic heterocycles. The smallest absolute Gasteiger partial charge is 0.314 e. The molecule has 0 spiro atoms. The minimum Gasteiger partial charge on any atom is -0.396 e. The van der Waals surface area contributed by atoms with Gasteiger partial charge in [-0.1, -0.05) is 66.2 Å². The average Bonchev–Trinajstić information content (AvgIpc) is 2.50. The number of hydrogen-bond acceptors (Lipinski definition) is 3. The molecule has 0 fully saturated rings. The lowest BCUT2D eigenvalue weighted by Gasteiger charge is -2.08. The predicted octanol–water partition coefficient (Wildman–Crippen LogP) is 3.75. The second-order valence-electron chi connectivity index (χ2n) is 5.48. The minimum atomic E-state index is -3.13. The van der Waals surface area contributed by atoms with Crippen LogP contribution in [0.4, 0.5) is 0 Å². The van der Waals surface area contributed by atoms with Gasteiger partial charge in [-0.2, -0.15) is 0 Å². The average molecular weight is 342 g/mol. The van der Waals surface area contributed by atoms with Crippen molar-refractivity contribution in [3.05, 3.63) is 0 Å². The van der Waals surface area contributed by atoms with Crippen LogP contribution in [-0.2, 0) is 4.57 Å². The lowest BCUT2D eigenvalue weighted by atomic mass is 10.0. The van der Waals surface area contributed by atoms with E-state index in [2.05, 4.69) is 27.7 Å². The van der Waals surface area contributed by atoms with Crippen molar-refractivity contribution < 1.29 is 24.6 Å². The quantitative estimate of drug-likeness (QED) is 0.453. The van der Waals surface area contributed by atoms with Crippen LogP contribution in [0.2, 0.25) is 0 Å². The summed E-state index contributed by atoms with van der Waals surface area (Å²) in [4.78, 5) is 14.3. The Morgan fingerprint density at radius 3 is 1.18 bits per heavy atom. The Kier molecular flexibility index (Phi) is 28.6. The first-order valence-electron chi connectivity index (χ1n) is 8.56. The van der Waals surface area contributed by atoms with Gasteiger partial charge in [0, 0.05) is 13.2 Å². The van der Waals surface area contributed by atoms with Crippen molar-refractivity contribution in [2.24, 2.45) is 11.8 Å². The molecule has 0 radical (unpaired) electrons. The van der Waals surface area contributed by atoms with Crippen LogP contribution < -0.4 is 0 Å². The van der Waals surface area contributed by atoms with Crippen LogP contribution in [-0.4, -0.2) is 33.2 Å². The van der Waals surface area contributed by atoms with Crippen molar-refractivity contribution in [3.63, 3.8) is 0 Å². The van der Waals surface area contributed by atoms with Crippen LogP contribution in [0, 0.1) is 11.8 Å². The van der Waals surface area contributed by atoms with E-state index >= 15 is 0 Å². The standard InChI is InChI=1S/2C8H18O.H3O3P/c2*1-3-5-6-8(4-2)7-9;1-4(2)3/h2*8-9H,3-7H2,1-2H3;4H,(H2,1,2,3). The molecular weight excluding hydrogens is 303 g/mol. The maximum atomic E-state index is 8.75. The molecule has 0 bridgehead atoms. The molecule has 0 aliphatic carbocycles. The lowest BCUT2D eigenvalue weighted by molar-refractivity contribution is 0.212. The third kappa shape index (κ3) is 28.3. The number of unbranched alkanes of at least 4 members (excludes halogenated alkanes) is 2. The van der Waals surface area contributed by atoms with E-state index < -0.39 is 8.25 Å². The number of aliphatic hydroxyl groups excluding tert-OH is 2. The van der Waals surface area contributed by atoms with E-state index in [1.54, 1.807) is 0 Å². The van der Waals surface area contributed by atoms with E-state index in [-0.39, 0.29) is 0 Å². The summed E-state index contributed by atoms with van der Waals surface area (Å²) in [5, 5.41) is 17.5. The molecule has 0 rings (SSSR count). The molecule has 0 amide bonds. The second-order valence-corrected chi connectivity index (χ2v) is 6.05. The van der Waals surface area contributed by atoms with Crippen LogP contribution in [0.5, 0.6) is 0 Å². The van der Waals surface area contributed by atoms with Gasteiger partial charge in [0.15, 0.2) is 0 Å². The predicted molar refractivity (Wildman–Crippen MR) is 94.2 cm³/mol. The molecule has 138 valence electrons. The fourth-order valence-corrected chi connectivity index (χ4v) is 1.83. The first-order valence-corrected chi connectivity index (χ1v) is 9.86. The van der Waals surface area contributed by atoms with Gasteiger partial charge >= 0.3 is 8.25 Å². The molecule has 22 heavy (non-hydrogen) atoms. The highest BCUT2D eigenvalue weighted by Gasteiger charge is 2.02. The van der Waals surface area contributed by atoms with Gasteiger partial charge in [-0.15, -0.1) is 0 Å². The van der Waals surface area contributed by atoms with Crippen molar-refractivity contribution in [3.8, 4) is 0 Å². The van der Waals surface area contributed by atoms with E-state index in [0.717, 1.165) is 12.8 Å². The topological polar surface area (TPSA) is 98.0 Å². The Hall–Kier alpha value is 0.0700. The summed E-state index contributed by atoms with van der Waals surface area (Å²) in [7, 11) is -3.13. The van der Waals surface area contributed by atoms with E-state index in [4.69, 9.17) is 24.6 Å². The first-order chi connectivity index (χ1) is 10.4. The zero-order valence-electron chi connectivity index (χ0n) is 14.9. The molecule has 0 aliphatic rings. The van der Waals surface area contributed by atoms with Gasteiger partial charge in [-0.05, 0) is 24.7 Å². The van der Waals surface area contributed by atoms with Crippen LogP contribution in [0.1, 0.15) is 79.1 Å². The first kappa shape index (κ1) is 26.9. The summed E-state index contributed by atoms with van der Waals surface area (Å²) in [5.41, 5.74) is 0. The molecule has 0 saturated heterocycles. The Balaban J connectivity index is -0.000000266. The fourth-order valence-electron chi connectivity index (χ4n) is 1.83. The van der Waals surface area contributed by atoms with Crippen molar-refractivity contribution in [2.45, 2.75) is 79.1 Å². The molecule has 0 saturated carbocycles. The summed E-state index contributed by atoms with van der Waals surface area (Å²) in [6, 6.07) is 0. The molecule has 2 unspecified atom stereocenters. The van der Waals surface area contributed by atoms with Gasteiger partial charge in [-0.3, -0.25) is 4.57 Å². The largest absolute Gasteiger partial charge is 0.396 e. The van der Waals surface area contributed by atoms with Crippen LogP contribution >= 0.6 is 8.25 Å². The van der Waals surface area contributed by atoms with Crippen molar-refractivity contribution >= 4 is 8.25 Å². The molecule has 0 aromatic carbocycles. The van der Waals surface area contributed by atoms with Crippen molar-refractivity contribution in [1.29, 1.82) is 0 Å². The fraction of sp³-hybridized carbons (Fsp3) is 1.00. The van der Waals surface area contributed by atoms with Crippen LogP contribution in [0.25, 0.3) is 0 Å². The van der Waals surface area contributed by atoms with Gasteiger partial charge in [0.2, 0.25) is 0 Å². The number of rotatable bonds is 10. The Bertz CT molecular complexity index is 187. The molecular formula is C16H39O5P. The van der Waals surface area contributed by atoms with Crippen LogP contribution in [0.3, 0.4) is 0 Å². The third-order valence-corrected chi connectivity index (χ3v) is 3.60. The third-order valence-electron chi connectivity index (χ3n) is 3.60. The van der Waals surface area contributed by atoms with Gasteiger partial charge in [0.05, 0.1) is 0 Å². The SMILES string of the molecule is CCCCC(CC)CO.CCCCC(CC)CO.O=[PH](O)O. The van der Waals surface area contributed by atoms with E-state index in [1.807, 2.05) is 0 Å². The molecule has 0 aromatic rings. The normalized spacial score (nSPS) is 12.8. The second kappa shape index (κ2) is 23.3. The Labute approximate surface area is 137 Å². The van der Waals surface area contributed by atoms with Crippen molar-refractivity contribution in [1.82, 2.24) is 0 Å². The number of aliphatic hydroxyl groups is 2. The van der Waals surface area contributed by atoms with Crippen molar-refractivity contribution in [2.75, 3.05) is 13.2 Å². The lowest BCUT2D eigenvalue weighted by Crippen LogP contribution is -2.03. The summed E-state index contributed by atoms with van der Waals surface area (Å²) in [6.45, 7) is 9.38. The van der Waals surface area contributed by atoms with E-state index in [9.17, 15) is 0 Å². The monoisotopic (exact) mass is 342 g/mol. The zero-order valence-corrected chi connectivity index (χ0v) is 15.9. The highest BCUT2D eigenvalue weighted by Crippen LogP contribution is 2.11. The summed E-state index contributed by atoms with van der Waals surface area (Å²) in [5.74, 6) is 1.12. The Morgan fingerprint density at radius 2 is 1.05 bits per heavy atom. The molecule has 4 N–H and O–H groups in total. The zero-order chi connectivity index (χ0) is 17.8. The Morgan fingerprint density at radius 1 is 0.773 bits per heavy atom. The molecule has 0 heterocycles. The van der Waals surface area contributed by atoms with Gasteiger partial charge < -0.3 is 20.0 Å². The number of hydrogen-bond donors (Lipinski definition) is 4. The molecule has 5 nitrogen and oxygen atoms in total. The highest BCUT2D eigenvalue weighted by molar-refractivity contribution is 7.30. The maximum Gasteiger partial charge on any atom is 0.314 e. The summed E-state index contributed by atoms with van der Waals surface area (Å²) in [6.07, 6.45) is 9.66. The van der Waals surface area contributed by atoms with Gasteiger partial charge in [0.25, 0.3) is 0 Å². The highest BCUT2D eigenvalue weighted by atomic mass is 31.1. The van der Waals surface area contributed by atoms with E-state index in [1.165, 1.54) is 38.5 Å². The van der Waals surface area contributed by atoms with E-state index in [0.29, 0.717) is 25.0 Å². The maximum absolute atomic E-state index is 8.75. The minimum absolute atomic E-state index is 0.372. The summed E-state index contributed by atoms with van der Waals surface area (Å²) >= 11 is 0. The summed E-state index contributed by atoms with van der Waals surface area (Å²) < 4.78 is 8.74. The molecule has 0 aliphatic heterocycles. The van der Waals surface area contributed by atoms with Crippen LogP contribution in [0.15, 0.2) is 0 Å². The van der Waals surface area contributed by atoms with Gasteiger partial charge in [0.1, 0.15) is 0 Å². The molecule has 2 atom stereocenters.